The monoisotopic (exact) mass is 306 g/mol. The molecule has 0 radical (unpaired) electrons. The summed E-state index contributed by atoms with van der Waals surface area (Å²) in [7, 11) is 0. The summed E-state index contributed by atoms with van der Waals surface area (Å²) in [4.78, 5) is 22.8. The van der Waals surface area contributed by atoms with Crippen molar-refractivity contribution in [1.29, 1.82) is 0 Å². The van der Waals surface area contributed by atoms with Crippen LogP contribution in [0.1, 0.15) is 15.9 Å². The molecule has 0 aliphatic carbocycles. The van der Waals surface area contributed by atoms with E-state index in [0.29, 0.717) is 11.3 Å². The minimum Gasteiger partial charge on any atom is -0.478 e. The van der Waals surface area contributed by atoms with Crippen LogP contribution in [0, 0.1) is 0 Å². The molecule has 0 spiro atoms. The summed E-state index contributed by atoms with van der Waals surface area (Å²) in [6, 6.07) is 19.5. The van der Waals surface area contributed by atoms with Crippen LogP contribution in [0.4, 0.5) is 0 Å². The van der Waals surface area contributed by atoms with Crippen molar-refractivity contribution in [3.05, 3.63) is 77.9 Å². The number of hydrogen-bond acceptors (Lipinski definition) is 3. The van der Waals surface area contributed by atoms with Crippen LogP contribution < -0.4 is 4.74 Å². The van der Waals surface area contributed by atoms with Gasteiger partial charge in [0.05, 0.1) is 12.0 Å². The first kappa shape index (κ1) is 14.8. The molecule has 3 aromatic carbocycles. The van der Waals surface area contributed by atoms with E-state index in [-0.39, 0.29) is 18.0 Å². The Morgan fingerprint density at radius 1 is 0.870 bits per heavy atom. The normalized spacial score (nSPS) is 10.4. The number of carbonyl (C=O) groups is 2. The van der Waals surface area contributed by atoms with E-state index >= 15 is 0 Å². The van der Waals surface area contributed by atoms with Crippen LogP contribution in [-0.4, -0.2) is 17.0 Å². The first-order chi connectivity index (χ1) is 11.1. The van der Waals surface area contributed by atoms with Gasteiger partial charge in [-0.2, -0.15) is 0 Å². The lowest BCUT2D eigenvalue weighted by Crippen LogP contribution is -2.11. The number of fused-ring (bicyclic) bond motifs is 1. The molecule has 0 aliphatic rings. The molecule has 1 N–H and O–H groups in total. The third-order valence-electron chi connectivity index (χ3n) is 3.50. The zero-order chi connectivity index (χ0) is 16.2. The van der Waals surface area contributed by atoms with Gasteiger partial charge in [0, 0.05) is 0 Å². The lowest BCUT2D eigenvalue weighted by atomic mass is 10.1. The molecule has 3 rings (SSSR count). The van der Waals surface area contributed by atoms with Crippen LogP contribution >= 0.6 is 0 Å². The number of rotatable bonds is 4. The van der Waals surface area contributed by atoms with Gasteiger partial charge >= 0.3 is 11.9 Å². The van der Waals surface area contributed by atoms with Gasteiger partial charge in [0.15, 0.2) is 0 Å². The Morgan fingerprint density at radius 3 is 2.26 bits per heavy atom. The molecule has 0 aliphatic heterocycles. The second-order valence-electron chi connectivity index (χ2n) is 5.16. The first-order valence-corrected chi connectivity index (χ1v) is 7.13. The quantitative estimate of drug-likeness (QED) is 0.590. The number of esters is 1. The van der Waals surface area contributed by atoms with Gasteiger partial charge in [-0.05, 0) is 40.6 Å². The zero-order valence-corrected chi connectivity index (χ0v) is 12.2. The van der Waals surface area contributed by atoms with Crippen molar-refractivity contribution in [3.8, 4) is 5.75 Å². The topological polar surface area (TPSA) is 63.6 Å². The van der Waals surface area contributed by atoms with Crippen molar-refractivity contribution in [3.63, 3.8) is 0 Å². The second kappa shape index (κ2) is 6.32. The predicted octanol–water partition coefficient (Wildman–Crippen LogP) is 3.69. The van der Waals surface area contributed by atoms with E-state index < -0.39 is 5.97 Å². The molecular formula is C19H14O4. The third kappa shape index (κ3) is 3.55. The molecular weight excluding hydrogens is 292 g/mol. The largest absolute Gasteiger partial charge is 0.478 e. The van der Waals surface area contributed by atoms with Crippen LogP contribution in [0.15, 0.2) is 66.7 Å². The predicted molar refractivity (Wildman–Crippen MR) is 86.7 cm³/mol. The molecule has 0 saturated heterocycles. The highest BCUT2D eigenvalue weighted by Gasteiger charge is 2.08. The summed E-state index contributed by atoms with van der Waals surface area (Å²) < 4.78 is 5.35. The molecule has 0 atom stereocenters. The Morgan fingerprint density at radius 2 is 1.57 bits per heavy atom. The minimum absolute atomic E-state index is 0.0900. The van der Waals surface area contributed by atoms with E-state index in [1.165, 1.54) is 12.1 Å². The Balaban J connectivity index is 1.69. The molecule has 0 heterocycles. The van der Waals surface area contributed by atoms with Gasteiger partial charge in [-0.15, -0.1) is 0 Å². The van der Waals surface area contributed by atoms with Crippen LogP contribution in [0.5, 0.6) is 5.75 Å². The molecule has 4 nitrogen and oxygen atoms in total. The van der Waals surface area contributed by atoms with Gasteiger partial charge in [0.2, 0.25) is 0 Å². The number of hydrogen-bond donors (Lipinski definition) is 1. The van der Waals surface area contributed by atoms with Crippen molar-refractivity contribution in [2.75, 3.05) is 0 Å². The Kier molecular flexibility index (Phi) is 4.06. The summed E-state index contributed by atoms with van der Waals surface area (Å²) >= 11 is 0. The first-order valence-electron chi connectivity index (χ1n) is 7.13. The lowest BCUT2D eigenvalue weighted by Gasteiger charge is -2.06. The van der Waals surface area contributed by atoms with Gasteiger partial charge in [0.25, 0.3) is 0 Å². The maximum absolute atomic E-state index is 12.0. The third-order valence-corrected chi connectivity index (χ3v) is 3.50. The van der Waals surface area contributed by atoms with Crippen LogP contribution in [0.25, 0.3) is 10.8 Å². The molecule has 0 bridgehead atoms. The second-order valence-corrected chi connectivity index (χ2v) is 5.16. The van der Waals surface area contributed by atoms with Crippen molar-refractivity contribution < 1.29 is 19.4 Å². The van der Waals surface area contributed by atoms with Gasteiger partial charge in [-0.3, -0.25) is 4.79 Å². The fourth-order valence-electron chi connectivity index (χ4n) is 2.33. The van der Waals surface area contributed by atoms with Crippen molar-refractivity contribution in [2.24, 2.45) is 0 Å². The standard InChI is InChI=1S/C19H14O4/c20-18(11-13-5-7-15(8-6-13)19(21)22)23-17-10-9-14-3-1-2-4-16(14)12-17/h1-10,12H,11H2,(H,21,22). The SMILES string of the molecule is O=C(Cc1ccc(C(=O)O)cc1)Oc1ccc2ccccc2c1. The van der Waals surface area contributed by atoms with E-state index in [1.54, 1.807) is 18.2 Å². The summed E-state index contributed by atoms with van der Waals surface area (Å²) in [5.74, 6) is -0.880. The van der Waals surface area contributed by atoms with Crippen molar-refractivity contribution >= 4 is 22.7 Å². The molecule has 0 aromatic heterocycles. The molecule has 0 saturated carbocycles. The number of aromatic carboxylic acids is 1. The Labute approximate surface area is 132 Å². The van der Waals surface area contributed by atoms with Gasteiger partial charge in [-0.1, -0.05) is 42.5 Å². The Hall–Kier alpha value is -3.14. The smallest absolute Gasteiger partial charge is 0.335 e. The van der Waals surface area contributed by atoms with Crippen LogP contribution in [0.2, 0.25) is 0 Å². The number of benzene rings is 3. The average Bonchev–Trinajstić information content (AvgIpc) is 2.55. The molecule has 114 valence electrons. The molecule has 23 heavy (non-hydrogen) atoms. The van der Waals surface area contributed by atoms with Crippen molar-refractivity contribution in [1.82, 2.24) is 0 Å². The molecule has 4 heteroatoms. The molecule has 0 fully saturated rings. The molecule has 0 amide bonds. The van der Waals surface area contributed by atoms with E-state index in [9.17, 15) is 9.59 Å². The number of carboxylic acids is 1. The highest BCUT2D eigenvalue weighted by molar-refractivity contribution is 5.88. The van der Waals surface area contributed by atoms with E-state index in [4.69, 9.17) is 9.84 Å². The summed E-state index contributed by atoms with van der Waals surface area (Å²) in [6.07, 6.45) is 0.0900. The number of carboxylic acid groups (broad SMARTS) is 1. The maximum atomic E-state index is 12.0. The summed E-state index contributed by atoms with van der Waals surface area (Å²) in [5, 5.41) is 10.9. The van der Waals surface area contributed by atoms with Crippen LogP contribution in [0.3, 0.4) is 0 Å². The van der Waals surface area contributed by atoms with Crippen LogP contribution in [-0.2, 0) is 11.2 Å². The van der Waals surface area contributed by atoms with E-state index in [2.05, 4.69) is 0 Å². The summed E-state index contributed by atoms with van der Waals surface area (Å²) in [5.41, 5.74) is 0.900. The average molecular weight is 306 g/mol. The van der Waals surface area contributed by atoms with Gasteiger partial charge in [0.1, 0.15) is 5.75 Å². The van der Waals surface area contributed by atoms with Gasteiger partial charge < -0.3 is 9.84 Å². The zero-order valence-electron chi connectivity index (χ0n) is 12.2. The summed E-state index contributed by atoms with van der Waals surface area (Å²) in [6.45, 7) is 0. The van der Waals surface area contributed by atoms with E-state index in [0.717, 1.165) is 10.8 Å². The highest BCUT2D eigenvalue weighted by Crippen LogP contribution is 2.21. The maximum Gasteiger partial charge on any atom is 0.335 e. The van der Waals surface area contributed by atoms with Crippen molar-refractivity contribution in [2.45, 2.75) is 6.42 Å². The number of ether oxygens (including phenoxy) is 1. The molecule has 3 aromatic rings. The highest BCUT2D eigenvalue weighted by atomic mass is 16.5. The fourth-order valence-corrected chi connectivity index (χ4v) is 2.33. The fraction of sp³-hybridized carbons (Fsp3) is 0.0526. The Bertz CT molecular complexity index is 866. The minimum atomic E-state index is -0.990. The number of carbonyl (C=O) groups excluding carboxylic acids is 1. The molecule has 0 unspecified atom stereocenters. The van der Waals surface area contributed by atoms with E-state index in [1.807, 2.05) is 36.4 Å². The lowest BCUT2D eigenvalue weighted by molar-refractivity contribution is -0.133. The van der Waals surface area contributed by atoms with Gasteiger partial charge in [-0.25, -0.2) is 4.79 Å².